The third-order valence-corrected chi connectivity index (χ3v) is 2.54. The Labute approximate surface area is 88.1 Å². The molecule has 1 nitrogen and oxygen atoms in total. The third-order valence-electron chi connectivity index (χ3n) is 2.54. The van der Waals surface area contributed by atoms with Gasteiger partial charge in [-0.1, -0.05) is 19.9 Å². The largest absolute Gasteiger partial charge is 0.299 e. The first kappa shape index (κ1) is 11.8. The van der Waals surface area contributed by atoms with E-state index in [0.717, 1.165) is 12.5 Å². The van der Waals surface area contributed by atoms with E-state index < -0.39 is 11.6 Å². The summed E-state index contributed by atoms with van der Waals surface area (Å²) in [6.45, 7) is 3.72. The van der Waals surface area contributed by atoms with E-state index in [1.165, 1.54) is 12.1 Å². The Kier molecular flexibility index (Phi) is 3.95. The molecule has 0 saturated carbocycles. The van der Waals surface area contributed by atoms with Gasteiger partial charge in [-0.05, 0) is 18.1 Å². The number of ketones is 1. The van der Waals surface area contributed by atoms with E-state index in [1.54, 1.807) is 0 Å². The van der Waals surface area contributed by atoms with Gasteiger partial charge in [0.05, 0.1) is 0 Å². The first-order valence-electron chi connectivity index (χ1n) is 5.01. The molecule has 1 aromatic carbocycles. The Morgan fingerprint density at radius 1 is 1.40 bits per heavy atom. The van der Waals surface area contributed by atoms with Gasteiger partial charge in [0.25, 0.3) is 0 Å². The molecule has 15 heavy (non-hydrogen) atoms. The lowest BCUT2D eigenvalue weighted by atomic mass is 9.97. The van der Waals surface area contributed by atoms with Crippen molar-refractivity contribution in [3.63, 3.8) is 0 Å². The molecule has 0 aromatic heterocycles. The molecule has 3 heteroatoms. The quantitative estimate of drug-likeness (QED) is 0.749. The monoisotopic (exact) mass is 212 g/mol. The molecular formula is C12H14F2O. The molecule has 0 N–H and O–H groups in total. The molecule has 0 heterocycles. The van der Waals surface area contributed by atoms with Gasteiger partial charge in [0.2, 0.25) is 0 Å². The molecule has 0 bridgehead atoms. The van der Waals surface area contributed by atoms with Crippen LogP contribution in [0.15, 0.2) is 18.2 Å². The van der Waals surface area contributed by atoms with Crippen LogP contribution in [0.25, 0.3) is 0 Å². The molecular weight excluding hydrogens is 198 g/mol. The van der Waals surface area contributed by atoms with Crippen LogP contribution in [-0.2, 0) is 11.2 Å². The van der Waals surface area contributed by atoms with Crippen LogP contribution in [0.1, 0.15) is 25.8 Å². The average molecular weight is 212 g/mol. The third kappa shape index (κ3) is 3.11. The van der Waals surface area contributed by atoms with Crippen molar-refractivity contribution in [2.24, 2.45) is 5.92 Å². The summed E-state index contributed by atoms with van der Waals surface area (Å²) in [6, 6.07) is 3.30. The molecule has 1 rings (SSSR count). The summed E-state index contributed by atoms with van der Waals surface area (Å²) in [6.07, 6.45) is 0.781. The van der Waals surface area contributed by atoms with Crippen LogP contribution in [0.3, 0.4) is 0 Å². The molecule has 0 aliphatic carbocycles. The predicted molar refractivity (Wildman–Crippen MR) is 54.5 cm³/mol. The fourth-order valence-electron chi connectivity index (χ4n) is 1.25. The Balaban J connectivity index is 2.77. The van der Waals surface area contributed by atoms with Gasteiger partial charge in [-0.15, -0.1) is 0 Å². The Bertz CT molecular complexity index is 361. The van der Waals surface area contributed by atoms with E-state index in [2.05, 4.69) is 0 Å². The number of carbonyl (C=O) groups excluding carboxylic acids is 1. The second-order valence-electron chi connectivity index (χ2n) is 3.69. The highest BCUT2D eigenvalue weighted by molar-refractivity contribution is 5.82. The Hall–Kier alpha value is -1.25. The molecule has 0 fully saturated rings. The maximum atomic E-state index is 13.2. The lowest BCUT2D eigenvalue weighted by molar-refractivity contribution is -0.121. The average Bonchev–Trinajstić information content (AvgIpc) is 2.20. The van der Waals surface area contributed by atoms with Gasteiger partial charge in [0.15, 0.2) is 0 Å². The van der Waals surface area contributed by atoms with Crippen LogP contribution in [0.2, 0.25) is 0 Å². The summed E-state index contributed by atoms with van der Waals surface area (Å²) in [7, 11) is 0. The predicted octanol–water partition coefficient (Wildman–Crippen LogP) is 3.12. The fourth-order valence-corrected chi connectivity index (χ4v) is 1.25. The minimum atomic E-state index is -0.647. The molecule has 1 aromatic rings. The van der Waals surface area contributed by atoms with Crippen molar-refractivity contribution >= 4 is 5.78 Å². The van der Waals surface area contributed by atoms with Crippen molar-refractivity contribution in [2.45, 2.75) is 26.7 Å². The van der Waals surface area contributed by atoms with Gasteiger partial charge in [-0.3, -0.25) is 4.79 Å². The molecule has 0 radical (unpaired) electrons. The summed E-state index contributed by atoms with van der Waals surface area (Å²) in [5.41, 5.74) is 0.265. The van der Waals surface area contributed by atoms with Gasteiger partial charge in [-0.25, -0.2) is 8.78 Å². The van der Waals surface area contributed by atoms with Crippen LogP contribution >= 0.6 is 0 Å². The summed E-state index contributed by atoms with van der Waals surface area (Å²) >= 11 is 0. The molecule has 1 atom stereocenters. The zero-order chi connectivity index (χ0) is 11.4. The number of hydrogen-bond acceptors (Lipinski definition) is 1. The number of benzene rings is 1. The van der Waals surface area contributed by atoms with Crippen molar-refractivity contribution in [3.05, 3.63) is 35.4 Å². The van der Waals surface area contributed by atoms with E-state index >= 15 is 0 Å². The number of hydrogen-bond donors (Lipinski definition) is 0. The summed E-state index contributed by atoms with van der Waals surface area (Å²) in [4.78, 5) is 11.5. The number of carbonyl (C=O) groups is 1. The van der Waals surface area contributed by atoms with E-state index in [0.29, 0.717) is 0 Å². The smallest absolute Gasteiger partial charge is 0.140 e. The first-order valence-corrected chi connectivity index (χ1v) is 5.01. The summed E-state index contributed by atoms with van der Waals surface area (Å²) in [5, 5.41) is 0. The molecule has 0 aliphatic rings. The second-order valence-corrected chi connectivity index (χ2v) is 3.69. The molecule has 0 saturated heterocycles. The lowest BCUT2D eigenvalue weighted by Crippen LogP contribution is -2.13. The van der Waals surface area contributed by atoms with E-state index in [4.69, 9.17) is 0 Å². The lowest BCUT2D eigenvalue weighted by Gasteiger charge is -2.07. The fraction of sp³-hybridized carbons (Fsp3) is 0.417. The molecule has 1 unspecified atom stereocenters. The van der Waals surface area contributed by atoms with Crippen LogP contribution in [0, 0.1) is 17.6 Å². The molecule has 82 valence electrons. The zero-order valence-corrected chi connectivity index (χ0v) is 8.89. The maximum Gasteiger partial charge on any atom is 0.140 e. The van der Waals surface area contributed by atoms with Gasteiger partial charge >= 0.3 is 0 Å². The van der Waals surface area contributed by atoms with Crippen LogP contribution in [-0.4, -0.2) is 5.78 Å². The van der Waals surface area contributed by atoms with Crippen molar-refractivity contribution in [1.82, 2.24) is 0 Å². The number of halogens is 2. The molecule has 0 spiro atoms. The van der Waals surface area contributed by atoms with Crippen molar-refractivity contribution in [1.29, 1.82) is 0 Å². The minimum absolute atomic E-state index is 0.0111. The second kappa shape index (κ2) is 5.01. The Morgan fingerprint density at radius 3 is 2.60 bits per heavy atom. The topological polar surface area (TPSA) is 17.1 Å². The number of rotatable bonds is 4. The van der Waals surface area contributed by atoms with Crippen molar-refractivity contribution in [3.8, 4) is 0 Å². The molecule has 0 aliphatic heterocycles. The molecule has 0 amide bonds. The van der Waals surface area contributed by atoms with Gasteiger partial charge in [0, 0.05) is 18.4 Å². The minimum Gasteiger partial charge on any atom is -0.299 e. The first-order chi connectivity index (χ1) is 7.04. The number of Topliss-reactive ketones (excluding diaryl/α,β-unsaturated/α-hetero) is 1. The van der Waals surface area contributed by atoms with Crippen molar-refractivity contribution < 1.29 is 13.6 Å². The van der Waals surface area contributed by atoms with Crippen LogP contribution < -0.4 is 0 Å². The van der Waals surface area contributed by atoms with Crippen LogP contribution in [0.5, 0.6) is 0 Å². The maximum absolute atomic E-state index is 13.2. The van der Waals surface area contributed by atoms with E-state index in [-0.39, 0.29) is 23.7 Å². The van der Waals surface area contributed by atoms with Crippen LogP contribution in [0.4, 0.5) is 8.78 Å². The highest BCUT2D eigenvalue weighted by Crippen LogP contribution is 2.13. The standard InChI is InChI=1S/C12H14F2O/c1-3-8(2)12(15)6-9-4-5-10(13)7-11(9)14/h4-5,7-8H,3,6H2,1-2H3. The van der Waals surface area contributed by atoms with E-state index in [9.17, 15) is 13.6 Å². The highest BCUT2D eigenvalue weighted by atomic mass is 19.1. The SMILES string of the molecule is CCC(C)C(=O)Cc1ccc(F)cc1F. The van der Waals surface area contributed by atoms with Gasteiger partial charge < -0.3 is 0 Å². The summed E-state index contributed by atoms with van der Waals surface area (Å²) in [5.74, 6) is -1.35. The van der Waals surface area contributed by atoms with Crippen molar-refractivity contribution in [2.75, 3.05) is 0 Å². The normalized spacial score (nSPS) is 12.5. The van der Waals surface area contributed by atoms with Gasteiger partial charge in [0.1, 0.15) is 17.4 Å². The summed E-state index contributed by atoms with van der Waals surface area (Å²) < 4.78 is 25.8. The van der Waals surface area contributed by atoms with Gasteiger partial charge in [-0.2, -0.15) is 0 Å². The van der Waals surface area contributed by atoms with E-state index in [1.807, 2.05) is 13.8 Å². The Morgan fingerprint density at radius 2 is 2.07 bits per heavy atom. The highest BCUT2D eigenvalue weighted by Gasteiger charge is 2.13. The zero-order valence-electron chi connectivity index (χ0n) is 8.89.